The average Bonchev–Trinajstić information content (AvgIpc) is 1.85. The Balaban J connectivity index is -0.000000403. The van der Waals surface area contributed by atoms with Crippen LogP contribution in [0, 0.1) is 0 Å². The van der Waals surface area contributed by atoms with Crippen LogP contribution in [0.5, 0.6) is 0 Å². The van der Waals surface area contributed by atoms with Crippen LogP contribution in [0.25, 0.3) is 12.3 Å². The van der Waals surface area contributed by atoms with Crippen molar-refractivity contribution in [3.8, 4) is 0 Å². The maximum atomic E-state index is 10.4. The number of hydrogen-bond acceptors (Lipinski definition) is 4. The Kier molecular flexibility index (Phi) is 9.51. The molecule has 0 bridgehead atoms. The summed E-state index contributed by atoms with van der Waals surface area (Å²) in [5.74, 6) is -1.65. The predicted octanol–water partition coefficient (Wildman–Crippen LogP) is -1.51. The summed E-state index contributed by atoms with van der Waals surface area (Å²) in [7, 11) is 0. The molecule has 0 aromatic carbocycles. The van der Waals surface area contributed by atoms with Gasteiger partial charge in [-0.2, -0.15) is 0 Å². The third-order valence-corrected chi connectivity index (χ3v) is 0.929. The molecule has 1 rings (SSSR count). The molecule has 0 aliphatic heterocycles. The van der Waals surface area contributed by atoms with Gasteiger partial charge in [-0.3, -0.25) is 9.59 Å². The number of aromatic nitrogens is 2. The Morgan fingerprint density at radius 2 is 1.86 bits per heavy atom. The normalized spacial score (nSPS) is 7.43. The predicted molar refractivity (Wildman–Crippen MR) is 41.6 cm³/mol. The average molecular weight is 381 g/mol. The van der Waals surface area contributed by atoms with E-state index in [2.05, 4.69) is 4.98 Å². The van der Waals surface area contributed by atoms with E-state index in [-0.39, 0.29) is 33.4 Å². The first kappa shape index (κ1) is 18.5. The number of nitrogens with two attached hydrogens (primary N) is 2. The summed E-state index contributed by atoms with van der Waals surface area (Å²) in [4.78, 5) is 35.5. The van der Waals surface area contributed by atoms with Gasteiger partial charge in [-0.1, -0.05) is 0 Å². The van der Waals surface area contributed by atoms with Gasteiger partial charge in [-0.05, 0) is 11.8 Å². The van der Waals surface area contributed by atoms with Crippen molar-refractivity contribution in [2.24, 2.45) is 0 Å². The van der Waals surface area contributed by atoms with Crippen LogP contribution in [0.2, 0.25) is 0 Å². The molecule has 1 heterocycles. The Hall–Kier alpha value is -1.24. The van der Waals surface area contributed by atoms with Crippen LogP contribution >= 0.6 is 0 Å². The van der Waals surface area contributed by atoms with Crippen molar-refractivity contribution < 1.29 is 31.0 Å². The molecule has 9 heteroatoms. The van der Waals surface area contributed by atoms with E-state index in [9.17, 15) is 19.5 Å². The zero-order chi connectivity index (χ0) is 8.43. The van der Waals surface area contributed by atoms with Crippen molar-refractivity contribution in [1.82, 2.24) is 9.97 Å². The molecule has 0 saturated heterocycles. The first-order valence-corrected chi connectivity index (χ1v) is 2.59. The van der Waals surface area contributed by atoms with Crippen LogP contribution in [0.4, 0.5) is 0 Å². The van der Waals surface area contributed by atoms with Crippen molar-refractivity contribution in [1.29, 1.82) is 0 Å². The summed E-state index contributed by atoms with van der Waals surface area (Å²) >= 11 is 0. The number of aromatic amines is 1. The second-order valence-corrected chi connectivity index (χ2v) is 1.72. The number of carbonyl (C=O) groups excluding carboxylic acids is 1. The first-order chi connectivity index (χ1) is 5.09. The number of rotatable bonds is 1. The fourth-order valence-electron chi connectivity index (χ4n) is 0.540. The van der Waals surface area contributed by atoms with Crippen LogP contribution < -0.4 is 21.3 Å². The van der Waals surface area contributed by atoms with E-state index < -0.39 is 22.9 Å². The SMILES string of the molecule is O=C([O-])c1cc(=O)[nH]c(=O)[n-]1.[NH2-].[NH2-].[Pt+4]. The molecular weight excluding hydrogens is 375 g/mol. The molecule has 0 saturated carbocycles. The summed E-state index contributed by atoms with van der Waals surface area (Å²) in [6, 6.07) is 0.677. The maximum absolute atomic E-state index is 10.4. The molecule has 0 aliphatic rings. The molecule has 80 valence electrons. The fraction of sp³-hybridized carbons (Fsp3) is 0. The van der Waals surface area contributed by atoms with E-state index in [1.54, 1.807) is 4.98 Å². The van der Waals surface area contributed by atoms with Crippen molar-refractivity contribution in [3.63, 3.8) is 0 Å². The molecule has 0 amide bonds. The van der Waals surface area contributed by atoms with Gasteiger partial charge < -0.3 is 32.2 Å². The van der Waals surface area contributed by atoms with Gasteiger partial charge in [0.05, 0.1) is 5.97 Å². The van der Waals surface area contributed by atoms with Gasteiger partial charge in [0.2, 0.25) is 0 Å². The molecule has 8 nitrogen and oxygen atoms in total. The number of H-pyrrole nitrogens is 1. The zero-order valence-corrected chi connectivity index (χ0v) is 8.90. The standard InChI is InChI=1S/C5H4N2O4.2H2N.Pt/c8-3-1-2(4(9)10)6-5(11)7-3;;;/h1H,(H3,6,7,8,9,10,11);2*1H2;/q;2*-1;+4/p-2. The maximum Gasteiger partial charge on any atom is 4.00 e. The van der Waals surface area contributed by atoms with Crippen LogP contribution in [0.3, 0.4) is 0 Å². The smallest absolute Gasteiger partial charge is 0.693 e. The number of carboxylic acids is 1. The number of carbonyl (C=O) groups is 1. The molecule has 0 spiro atoms. The summed E-state index contributed by atoms with van der Waals surface area (Å²) in [5, 5.41) is 10.0. The first-order valence-electron chi connectivity index (χ1n) is 2.59. The second-order valence-electron chi connectivity index (χ2n) is 1.72. The van der Waals surface area contributed by atoms with E-state index in [1.807, 2.05) is 0 Å². The molecular formula is C5H6N4O4Pt. The fourth-order valence-corrected chi connectivity index (χ4v) is 0.540. The number of nitrogens with one attached hydrogen (secondary N) is 1. The van der Waals surface area contributed by atoms with Gasteiger partial charge in [0, 0.05) is 0 Å². The summed E-state index contributed by atoms with van der Waals surface area (Å²) in [5.41, 5.74) is -2.44. The Morgan fingerprint density at radius 1 is 1.36 bits per heavy atom. The van der Waals surface area contributed by atoms with Gasteiger partial charge in [-0.15, -0.1) is 0 Å². The van der Waals surface area contributed by atoms with Crippen LogP contribution in [0.1, 0.15) is 10.5 Å². The van der Waals surface area contributed by atoms with E-state index in [1.165, 1.54) is 0 Å². The van der Waals surface area contributed by atoms with Crippen molar-refractivity contribution in [2.75, 3.05) is 0 Å². The van der Waals surface area contributed by atoms with Gasteiger partial charge in [-0.25, -0.2) is 0 Å². The Morgan fingerprint density at radius 3 is 2.21 bits per heavy atom. The van der Waals surface area contributed by atoms with Gasteiger partial charge in [0.1, 0.15) is 0 Å². The van der Waals surface area contributed by atoms with E-state index in [0.29, 0.717) is 6.07 Å². The molecule has 0 fully saturated rings. The Bertz CT molecular complexity index is 369. The van der Waals surface area contributed by atoms with Crippen molar-refractivity contribution in [3.05, 3.63) is 44.9 Å². The van der Waals surface area contributed by atoms with Crippen molar-refractivity contribution >= 4 is 5.97 Å². The minimum atomic E-state index is -1.65. The summed E-state index contributed by atoms with van der Waals surface area (Å²) < 4.78 is 0. The number of hydrogen-bond donors (Lipinski definition) is 1. The molecule has 0 atom stereocenters. The minimum Gasteiger partial charge on any atom is -0.693 e. The molecule has 1 aromatic heterocycles. The third kappa shape index (κ3) is 4.70. The number of carboxylic acid groups (broad SMARTS) is 1. The van der Waals surface area contributed by atoms with Crippen molar-refractivity contribution in [2.45, 2.75) is 0 Å². The van der Waals surface area contributed by atoms with Crippen LogP contribution in [-0.2, 0) is 21.1 Å². The second kappa shape index (κ2) is 7.19. The largest absolute Gasteiger partial charge is 4.00 e. The molecule has 0 radical (unpaired) electrons. The topological polar surface area (TPSA) is 171 Å². The van der Waals surface area contributed by atoms with Gasteiger partial charge in [0.15, 0.2) is 11.2 Å². The summed E-state index contributed by atoms with van der Waals surface area (Å²) in [6.45, 7) is 0. The summed E-state index contributed by atoms with van der Waals surface area (Å²) in [6.07, 6.45) is 0. The molecule has 5 N–H and O–H groups in total. The van der Waals surface area contributed by atoms with Gasteiger partial charge in [0.25, 0.3) is 0 Å². The minimum absolute atomic E-state index is 0. The van der Waals surface area contributed by atoms with Crippen LogP contribution in [0.15, 0.2) is 15.7 Å². The molecule has 0 unspecified atom stereocenters. The third-order valence-electron chi connectivity index (χ3n) is 0.929. The molecule has 0 aliphatic carbocycles. The van der Waals surface area contributed by atoms with E-state index >= 15 is 0 Å². The number of aromatic carboxylic acids is 1. The Labute approximate surface area is 92.2 Å². The quantitative estimate of drug-likeness (QED) is 0.622. The zero-order valence-electron chi connectivity index (χ0n) is 6.63. The van der Waals surface area contributed by atoms with E-state index in [4.69, 9.17) is 0 Å². The molecule has 1 aromatic rings. The van der Waals surface area contributed by atoms with E-state index in [0.717, 1.165) is 0 Å². The van der Waals surface area contributed by atoms with Crippen LogP contribution in [-0.4, -0.2) is 11.0 Å². The monoisotopic (exact) mass is 381 g/mol. The van der Waals surface area contributed by atoms with Gasteiger partial charge >= 0.3 is 21.1 Å². The number of nitrogens with zero attached hydrogens (tertiary/aromatic N) is 1. The molecule has 14 heavy (non-hydrogen) atoms.